The molecule has 0 atom stereocenters. The lowest BCUT2D eigenvalue weighted by Crippen LogP contribution is -2.09. The molecule has 86 valence electrons. The van der Waals surface area contributed by atoms with Crippen molar-refractivity contribution in [2.45, 2.75) is 26.2 Å². The summed E-state index contributed by atoms with van der Waals surface area (Å²) < 4.78 is 5.22. The van der Waals surface area contributed by atoms with E-state index in [1.54, 1.807) is 18.2 Å². The second-order valence-corrected chi connectivity index (χ2v) is 4.39. The molecule has 1 aromatic rings. The Morgan fingerprint density at radius 2 is 2.25 bits per heavy atom. The van der Waals surface area contributed by atoms with Gasteiger partial charge in [0.15, 0.2) is 0 Å². The summed E-state index contributed by atoms with van der Waals surface area (Å²) in [5.74, 6) is 0.528. The maximum atomic E-state index is 11.7. The number of esters is 1. The van der Waals surface area contributed by atoms with Gasteiger partial charge in [-0.15, -0.1) is 0 Å². The molecular formula is C13H17NO2. The molecule has 0 unspecified atom stereocenters. The normalized spacial score (nSPS) is 14.8. The van der Waals surface area contributed by atoms with E-state index in [0.29, 0.717) is 17.9 Å². The Kier molecular flexibility index (Phi) is 3.13. The highest BCUT2D eigenvalue weighted by molar-refractivity contribution is 5.92. The van der Waals surface area contributed by atoms with E-state index in [2.05, 4.69) is 0 Å². The zero-order valence-electron chi connectivity index (χ0n) is 9.53. The minimum atomic E-state index is -0.259. The van der Waals surface area contributed by atoms with Crippen LogP contribution < -0.4 is 5.73 Å². The number of rotatable bonds is 4. The summed E-state index contributed by atoms with van der Waals surface area (Å²) in [4.78, 5) is 11.7. The lowest BCUT2D eigenvalue weighted by atomic mass is 10.1. The average molecular weight is 219 g/mol. The Labute approximate surface area is 95.6 Å². The molecule has 0 aromatic heterocycles. The van der Waals surface area contributed by atoms with Crippen LogP contribution >= 0.6 is 0 Å². The summed E-state index contributed by atoms with van der Waals surface area (Å²) >= 11 is 0. The van der Waals surface area contributed by atoms with E-state index >= 15 is 0 Å². The predicted molar refractivity (Wildman–Crippen MR) is 63.2 cm³/mol. The van der Waals surface area contributed by atoms with Gasteiger partial charge in [0, 0.05) is 5.69 Å². The van der Waals surface area contributed by atoms with Gasteiger partial charge in [-0.3, -0.25) is 0 Å². The van der Waals surface area contributed by atoms with Crippen molar-refractivity contribution in [2.75, 3.05) is 12.3 Å². The first-order valence-corrected chi connectivity index (χ1v) is 5.70. The fourth-order valence-corrected chi connectivity index (χ4v) is 1.68. The summed E-state index contributed by atoms with van der Waals surface area (Å²) in [6.07, 6.45) is 3.57. The Bertz CT molecular complexity index is 397. The number of ether oxygens (including phenoxy) is 1. The lowest BCUT2D eigenvalue weighted by molar-refractivity contribution is 0.0494. The Hall–Kier alpha value is -1.51. The van der Waals surface area contributed by atoms with Crippen LogP contribution in [0.2, 0.25) is 0 Å². The van der Waals surface area contributed by atoms with Gasteiger partial charge in [-0.05, 0) is 37.0 Å². The molecular weight excluding hydrogens is 202 g/mol. The fourth-order valence-electron chi connectivity index (χ4n) is 1.68. The molecule has 0 spiro atoms. The maximum Gasteiger partial charge on any atom is 0.338 e. The molecule has 3 heteroatoms. The molecule has 0 saturated heterocycles. The van der Waals surface area contributed by atoms with Crippen LogP contribution in [-0.4, -0.2) is 12.6 Å². The molecule has 0 aliphatic heterocycles. The van der Waals surface area contributed by atoms with Gasteiger partial charge in [0.2, 0.25) is 0 Å². The van der Waals surface area contributed by atoms with Gasteiger partial charge in [-0.1, -0.05) is 18.9 Å². The van der Waals surface area contributed by atoms with Crippen molar-refractivity contribution in [1.82, 2.24) is 0 Å². The number of carbonyl (C=O) groups is 1. The van der Waals surface area contributed by atoms with Crippen LogP contribution in [0.15, 0.2) is 18.2 Å². The Morgan fingerprint density at radius 1 is 1.50 bits per heavy atom. The molecule has 0 amide bonds. The predicted octanol–water partition coefficient (Wildman–Crippen LogP) is 2.53. The standard InChI is InChI=1S/C13H17NO2/c1-9-11(3-2-4-12(9)14)13(15)16-8-7-10-5-6-10/h2-4,10H,5-8,14H2,1H3. The third-order valence-electron chi connectivity index (χ3n) is 3.05. The third-order valence-corrected chi connectivity index (χ3v) is 3.05. The first kappa shape index (κ1) is 11.0. The van der Waals surface area contributed by atoms with Gasteiger partial charge >= 0.3 is 5.97 Å². The summed E-state index contributed by atoms with van der Waals surface area (Å²) in [7, 11) is 0. The molecule has 16 heavy (non-hydrogen) atoms. The van der Waals surface area contributed by atoms with Gasteiger partial charge in [-0.2, -0.15) is 0 Å². The highest BCUT2D eigenvalue weighted by Gasteiger charge is 2.21. The van der Waals surface area contributed by atoms with Crippen LogP contribution in [0.5, 0.6) is 0 Å². The molecule has 0 radical (unpaired) electrons. The SMILES string of the molecule is Cc1c(N)cccc1C(=O)OCCC1CC1. The van der Waals surface area contributed by atoms with E-state index in [-0.39, 0.29) is 5.97 Å². The van der Waals surface area contributed by atoms with Crippen LogP contribution in [-0.2, 0) is 4.74 Å². The molecule has 1 aliphatic rings. The number of benzene rings is 1. The number of anilines is 1. The van der Waals surface area contributed by atoms with Crippen LogP contribution in [0.3, 0.4) is 0 Å². The molecule has 1 fully saturated rings. The molecule has 2 N–H and O–H groups in total. The second kappa shape index (κ2) is 4.56. The summed E-state index contributed by atoms with van der Waals surface area (Å²) in [5.41, 5.74) is 7.76. The van der Waals surface area contributed by atoms with Crippen molar-refractivity contribution in [1.29, 1.82) is 0 Å². The number of hydrogen-bond acceptors (Lipinski definition) is 3. The van der Waals surface area contributed by atoms with Crippen molar-refractivity contribution >= 4 is 11.7 Å². The van der Waals surface area contributed by atoms with E-state index in [9.17, 15) is 4.79 Å². The van der Waals surface area contributed by atoms with Crippen molar-refractivity contribution in [3.63, 3.8) is 0 Å². The molecule has 1 aliphatic carbocycles. The smallest absolute Gasteiger partial charge is 0.338 e. The summed E-state index contributed by atoms with van der Waals surface area (Å²) in [6, 6.07) is 5.32. The van der Waals surface area contributed by atoms with Crippen LogP contribution in [0.25, 0.3) is 0 Å². The van der Waals surface area contributed by atoms with Crippen molar-refractivity contribution in [3.05, 3.63) is 29.3 Å². The first-order chi connectivity index (χ1) is 7.68. The largest absolute Gasteiger partial charge is 0.462 e. The monoisotopic (exact) mass is 219 g/mol. The van der Waals surface area contributed by atoms with E-state index < -0.39 is 0 Å². The molecule has 2 rings (SSSR count). The Balaban J connectivity index is 1.93. The second-order valence-electron chi connectivity index (χ2n) is 4.39. The molecule has 0 bridgehead atoms. The zero-order valence-corrected chi connectivity index (χ0v) is 9.53. The number of nitrogen functional groups attached to an aromatic ring is 1. The van der Waals surface area contributed by atoms with Gasteiger partial charge in [0.25, 0.3) is 0 Å². The van der Waals surface area contributed by atoms with E-state index in [1.807, 2.05) is 6.92 Å². The first-order valence-electron chi connectivity index (χ1n) is 5.70. The summed E-state index contributed by atoms with van der Waals surface area (Å²) in [5, 5.41) is 0. The molecule has 1 aromatic carbocycles. The van der Waals surface area contributed by atoms with Crippen LogP contribution in [0.1, 0.15) is 35.2 Å². The van der Waals surface area contributed by atoms with Crippen LogP contribution in [0.4, 0.5) is 5.69 Å². The highest BCUT2D eigenvalue weighted by atomic mass is 16.5. The van der Waals surface area contributed by atoms with Gasteiger partial charge < -0.3 is 10.5 Å². The van der Waals surface area contributed by atoms with Crippen molar-refractivity contribution in [2.24, 2.45) is 5.92 Å². The van der Waals surface area contributed by atoms with Gasteiger partial charge in [0.05, 0.1) is 12.2 Å². The minimum Gasteiger partial charge on any atom is -0.462 e. The fraction of sp³-hybridized carbons (Fsp3) is 0.462. The van der Waals surface area contributed by atoms with Crippen LogP contribution in [0, 0.1) is 12.8 Å². The highest BCUT2D eigenvalue weighted by Crippen LogP contribution is 2.32. The average Bonchev–Trinajstić information content (AvgIpc) is 3.06. The van der Waals surface area contributed by atoms with Crippen molar-refractivity contribution < 1.29 is 9.53 Å². The van der Waals surface area contributed by atoms with Gasteiger partial charge in [-0.25, -0.2) is 4.79 Å². The minimum absolute atomic E-state index is 0.259. The Morgan fingerprint density at radius 3 is 2.94 bits per heavy atom. The summed E-state index contributed by atoms with van der Waals surface area (Å²) in [6.45, 7) is 2.37. The van der Waals surface area contributed by atoms with E-state index in [4.69, 9.17) is 10.5 Å². The molecule has 3 nitrogen and oxygen atoms in total. The number of nitrogens with two attached hydrogens (primary N) is 1. The van der Waals surface area contributed by atoms with Gasteiger partial charge in [0.1, 0.15) is 0 Å². The lowest BCUT2D eigenvalue weighted by Gasteiger charge is -2.08. The topological polar surface area (TPSA) is 52.3 Å². The van der Waals surface area contributed by atoms with Crippen molar-refractivity contribution in [3.8, 4) is 0 Å². The van der Waals surface area contributed by atoms with E-state index in [0.717, 1.165) is 17.9 Å². The maximum absolute atomic E-state index is 11.7. The third kappa shape index (κ3) is 2.54. The number of hydrogen-bond donors (Lipinski definition) is 1. The zero-order chi connectivity index (χ0) is 11.5. The van der Waals surface area contributed by atoms with E-state index in [1.165, 1.54) is 12.8 Å². The molecule has 1 saturated carbocycles. The quantitative estimate of drug-likeness (QED) is 0.625. The number of carbonyl (C=O) groups excluding carboxylic acids is 1. The molecule has 0 heterocycles.